The van der Waals surface area contributed by atoms with E-state index in [1.807, 2.05) is 6.20 Å². The minimum absolute atomic E-state index is 0.150. The number of fused-ring (bicyclic) bond motifs is 1. The Morgan fingerprint density at radius 3 is 1.96 bits per heavy atom. The Morgan fingerprint density at radius 1 is 0.643 bits per heavy atom. The Morgan fingerprint density at radius 2 is 1.29 bits per heavy atom. The summed E-state index contributed by atoms with van der Waals surface area (Å²) in [5.74, 6) is 1.26. The van der Waals surface area contributed by atoms with E-state index in [2.05, 4.69) is 102 Å². The first-order valence-electron chi connectivity index (χ1n) is 10.4. The molecule has 1 aliphatic rings. The second-order valence-corrected chi connectivity index (χ2v) is 9.58. The Kier molecular flexibility index (Phi) is 4.45. The Hall–Kier alpha value is -2.41. The van der Waals surface area contributed by atoms with Crippen LogP contribution in [-0.4, -0.2) is 4.98 Å². The average Bonchev–Trinajstić information content (AvgIpc) is 2.72. The normalized spacial score (nSPS) is 22.5. The van der Waals surface area contributed by atoms with Crippen LogP contribution in [0.25, 0.3) is 22.4 Å². The first kappa shape index (κ1) is 18.9. The van der Waals surface area contributed by atoms with Crippen molar-refractivity contribution in [2.75, 3.05) is 0 Å². The number of rotatable bonds is 2. The lowest BCUT2D eigenvalue weighted by atomic mass is 9.53. The van der Waals surface area contributed by atoms with Gasteiger partial charge in [0.25, 0.3) is 0 Å². The van der Waals surface area contributed by atoms with Gasteiger partial charge in [-0.3, -0.25) is 4.98 Å². The van der Waals surface area contributed by atoms with E-state index in [0.717, 1.165) is 5.69 Å². The van der Waals surface area contributed by atoms with Crippen molar-refractivity contribution < 1.29 is 0 Å². The van der Waals surface area contributed by atoms with Crippen molar-refractivity contribution in [1.29, 1.82) is 0 Å². The molecule has 1 aliphatic carbocycles. The molecule has 0 bridgehead atoms. The molecule has 0 N–H and O–H groups in total. The monoisotopic (exact) mass is 369 g/mol. The molecule has 0 spiro atoms. The second kappa shape index (κ2) is 6.58. The van der Waals surface area contributed by atoms with Crippen molar-refractivity contribution in [2.24, 2.45) is 11.8 Å². The van der Waals surface area contributed by atoms with Gasteiger partial charge in [-0.1, -0.05) is 84.0 Å². The highest BCUT2D eigenvalue weighted by Gasteiger charge is 2.46. The zero-order chi connectivity index (χ0) is 20.1. The van der Waals surface area contributed by atoms with Crippen molar-refractivity contribution in [2.45, 2.75) is 52.4 Å². The number of hydrogen-bond donors (Lipinski definition) is 0. The van der Waals surface area contributed by atoms with Gasteiger partial charge in [0.15, 0.2) is 0 Å². The number of aromatic nitrogens is 1. The summed E-state index contributed by atoms with van der Waals surface area (Å²) in [6.07, 6.45) is 1.93. The molecule has 2 atom stereocenters. The summed E-state index contributed by atoms with van der Waals surface area (Å²) in [6, 6.07) is 21.8. The molecule has 28 heavy (non-hydrogen) atoms. The fourth-order valence-corrected chi connectivity index (χ4v) is 4.94. The standard InChI is InChI=1S/C27H31N/c1-18-19(2)27(5,6)24-16-22(12-13-23(24)26(18,3)4)25-17-21(14-15-28-25)20-10-8-7-9-11-20/h7-19H,1-6H3/t18-,19+/m1/s1. The highest BCUT2D eigenvalue weighted by Crippen LogP contribution is 2.52. The van der Waals surface area contributed by atoms with E-state index in [9.17, 15) is 0 Å². The van der Waals surface area contributed by atoms with E-state index in [1.165, 1.54) is 27.8 Å². The van der Waals surface area contributed by atoms with E-state index in [1.54, 1.807) is 0 Å². The maximum Gasteiger partial charge on any atom is 0.0708 e. The van der Waals surface area contributed by atoms with E-state index in [4.69, 9.17) is 4.98 Å². The van der Waals surface area contributed by atoms with Crippen LogP contribution in [0.4, 0.5) is 0 Å². The first-order valence-corrected chi connectivity index (χ1v) is 10.4. The molecule has 1 aromatic heterocycles. The van der Waals surface area contributed by atoms with E-state index in [0.29, 0.717) is 11.8 Å². The Labute approximate surface area is 169 Å². The van der Waals surface area contributed by atoms with Crippen molar-refractivity contribution in [3.8, 4) is 22.4 Å². The smallest absolute Gasteiger partial charge is 0.0708 e. The van der Waals surface area contributed by atoms with Crippen LogP contribution in [0.15, 0.2) is 66.9 Å². The third kappa shape index (κ3) is 2.89. The van der Waals surface area contributed by atoms with E-state index < -0.39 is 0 Å². The minimum Gasteiger partial charge on any atom is -0.256 e. The largest absolute Gasteiger partial charge is 0.256 e. The van der Waals surface area contributed by atoms with Gasteiger partial charge < -0.3 is 0 Å². The summed E-state index contributed by atoms with van der Waals surface area (Å²) in [6.45, 7) is 14.4. The Balaban J connectivity index is 1.83. The molecule has 1 heterocycles. The molecular formula is C27H31N. The van der Waals surface area contributed by atoms with Gasteiger partial charge in [-0.15, -0.1) is 0 Å². The fourth-order valence-electron chi connectivity index (χ4n) is 4.94. The first-order chi connectivity index (χ1) is 13.2. The van der Waals surface area contributed by atoms with Gasteiger partial charge in [0.05, 0.1) is 5.69 Å². The molecule has 0 unspecified atom stereocenters. The number of benzene rings is 2. The lowest BCUT2D eigenvalue weighted by Gasteiger charge is -2.51. The van der Waals surface area contributed by atoms with Gasteiger partial charge in [-0.2, -0.15) is 0 Å². The maximum absolute atomic E-state index is 4.70. The molecule has 1 nitrogen and oxygen atoms in total. The topological polar surface area (TPSA) is 12.9 Å². The molecule has 2 aromatic carbocycles. The lowest BCUT2D eigenvalue weighted by Crippen LogP contribution is -2.46. The van der Waals surface area contributed by atoms with Crippen LogP contribution in [-0.2, 0) is 10.8 Å². The third-order valence-electron chi connectivity index (χ3n) is 7.60. The highest BCUT2D eigenvalue weighted by atomic mass is 14.7. The molecule has 0 amide bonds. The molecule has 1 heteroatoms. The summed E-state index contributed by atoms with van der Waals surface area (Å²) in [4.78, 5) is 4.70. The van der Waals surface area contributed by atoms with Crippen LogP contribution in [0.5, 0.6) is 0 Å². The van der Waals surface area contributed by atoms with Crippen LogP contribution >= 0.6 is 0 Å². The van der Waals surface area contributed by atoms with Crippen LogP contribution in [0, 0.1) is 11.8 Å². The van der Waals surface area contributed by atoms with Crippen molar-refractivity contribution >= 4 is 0 Å². The zero-order valence-electron chi connectivity index (χ0n) is 18.0. The molecule has 144 valence electrons. The van der Waals surface area contributed by atoms with Crippen LogP contribution < -0.4 is 0 Å². The molecule has 0 saturated heterocycles. The third-order valence-corrected chi connectivity index (χ3v) is 7.60. The zero-order valence-corrected chi connectivity index (χ0v) is 18.0. The fraction of sp³-hybridized carbons (Fsp3) is 0.370. The van der Waals surface area contributed by atoms with Gasteiger partial charge in [-0.05, 0) is 63.1 Å². The molecule has 4 rings (SSSR count). The molecule has 3 aromatic rings. The van der Waals surface area contributed by atoms with Gasteiger partial charge in [0.2, 0.25) is 0 Å². The molecule has 0 saturated carbocycles. The van der Waals surface area contributed by atoms with Gasteiger partial charge in [-0.25, -0.2) is 0 Å². The SMILES string of the molecule is C[C@@H]1[C@H](C)C(C)(C)c2cc(-c3cc(-c4ccccc4)ccn3)ccc2C1(C)C. The van der Waals surface area contributed by atoms with Crippen LogP contribution in [0.2, 0.25) is 0 Å². The van der Waals surface area contributed by atoms with E-state index >= 15 is 0 Å². The van der Waals surface area contributed by atoms with Crippen molar-refractivity contribution in [1.82, 2.24) is 4.98 Å². The maximum atomic E-state index is 4.70. The summed E-state index contributed by atoms with van der Waals surface area (Å²) in [5, 5.41) is 0. The average molecular weight is 370 g/mol. The van der Waals surface area contributed by atoms with Gasteiger partial charge in [0.1, 0.15) is 0 Å². The number of nitrogens with zero attached hydrogens (tertiary/aromatic N) is 1. The lowest BCUT2D eigenvalue weighted by molar-refractivity contribution is 0.145. The van der Waals surface area contributed by atoms with E-state index in [-0.39, 0.29) is 10.8 Å². The minimum atomic E-state index is 0.150. The summed E-state index contributed by atoms with van der Waals surface area (Å²) in [7, 11) is 0. The van der Waals surface area contributed by atoms with Crippen LogP contribution in [0.3, 0.4) is 0 Å². The van der Waals surface area contributed by atoms with Crippen LogP contribution in [0.1, 0.15) is 52.7 Å². The summed E-state index contributed by atoms with van der Waals surface area (Å²) in [5.41, 5.74) is 8.00. The predicted molar refractivity (Wildman–Crippen MR) is 119 cm³/mol. The summed E-state index contributed by atoms with van der Waals surface area (Å²) < 4.78 is 0. The van der Waals surface area contributed by atoms with Gasteiger partial charge in [0, 0.05) is 11.8 Å². The number of hydrogen-bond acceptors (Lipinski definition) is 1. The number of pyridine rings is 1. The molecular weight excluding hydrogens is 338 g/mol. The summed E-state index contributed by atoms with van der Waals surface area (Å²) >= 11 is 0. The highest BCUT2D eigenvalue weighted by molar-refractivity contribution is 5.71. The van der Waals surface area contributed by atoms with Gasteiger partial charge >= 0.3 is 0 Å². The molecule has 0 radical (unpaired) electrons. The van der Waals surface area contributed by atoms with Crippen molar-refractivity contribution in [3.05, 3.63) is 78.0 Å². The predicted octanol–water partition coefficient (Wildman–Crippen LogP) is 7.26. The Bertz CT molecular complexity index is 998. The quantitative estimate of drug-likeness (QED) is 0.463. The molecule has 0 aliphatic heterocycles. The second-order valence-electron chi connectivity index (χ2n) is 9.58. The molecule has 0 fully saturated rings. The van der Waals surface area contributed by atoms with Crippen molar-refractivity contribution in [3.63, 3.8) is 0 Å².